The Bertz CT molecular complexity index is 989. The molecule has 1 heterocycles. The SMILES string of the molecule is O=C(Nc1cnnc(C(=O)O)c1)OCC1c2ccccc2-c2ccccc21. The summed E-state index contributed by atoms with van der Waals surface area (Å²) in [7, 11) is 0. The predicted octanol–water partition coefficient (Wildman–Crippen LogP) is 3.54. The van der Waals surface area contributed by atoms with Gasteiger partial charge in [-0.05, 0) is 28.3 Å². The Hall–Kier alpha value is -3.74. The molecular weight excluding hydrogens is 346 g/mol. The van der Waals surface area contributed by atoms with Crippen LogP contribution in [0.4, 0.5) is 10.5 Å². The van der Waals surface area contributed by atoms with Gasteiger partial charge in [-0.2, -0.15) is 5.10 Å². The minimum atomic E-state index is -1.22. The number of fused-ring (bicyclic) bond motifs is 3. The van der Waals surface area contributed by atoms with E-state index in [0.29, 0.717) is 0 Å². The number of carboxylic acid groups (broad SMARTS) is 1. The third-order valence-electron chi connectivity index (χ3n) is 4.46. The van der Waals surface area contributed by atoms with E-state index >= 15 is 0 Å². The molecule has 134 valence electrons. The van der Waals surface area contributed by atoms with Gasteiger partial charge in [0.05, 0.1) is 11.9 Å². The number of hydrogen-bond donors (Lipinski definition) is 2. The number of carboxylic acids is 1. The molecule has 4 rings (SSSR count). The summed E-state index contributed by atoms with van der Waals surface area (Å²) in [4.78, 5) is 23.1. The van der Waals surface area contributed by atoms with Gasteiger partial charge in [0.25, 0.3) is 0 Å². The smallest absolute Gasteiger partial charge is 0.411 e. The van der Waals surface area contributed by atoms with Crippen LogP contribution in [0.3, 0.4) is 0 Å². The van der Waals surface area contributed by atoms with Crippen LogP contribution in [0, 0.1) is 0 Å². The molecule has 1 aromatic heterocycles. The number of carbonyl (C=O) groups excluding carboxylic acids is 1. The van der Waals surface area contributed by atoms with Crippen LogP contribution < -0.4 is 5.32 Å². The number of aromatic nitrogens is 2. The van der Waals surface area contributed by atoms with Crippen LogP contribution in [0.1, 0.15) is 27.5 Å². The Kier molecular flexibility index (Phi) is 4.25. The van der Waals surface area contributed by atoms with Crippen LogP contribution in [0.25, 0.3) is 11.1 Å². The number of anilines is 1. The molecular formula is C20H15N3O4. The van der Waals surface area contributed by atoms with Gasteiger partial charge in [0.1, 0.15) is 6.61 Å². The van der Waals surface area contributed by atoms with Gasteiger partial charge in [0.15, 0.2) is 5.69 Å². The third kappa shape index (κ3) is 3.22. The maximum Gasteiger partial charge on any atom is 0.411 e. The topological polar surface area (TPSA) is 101 Å². The molecule has 1 aliphatic carbocycles. The van der Waals surface area contributed by atoms with Gasteiger partial charge >= 0.3 is 12.1 Å². The summed E-state index contributed by atoms with van der Waals surface area (Å²) in [6, 6.07) is 17.3. The molecule has 0 bridgehead atoms. The highest BCUT2D eigenvalue weighted by molar-refractivity contribution is 5.89. The Labute approximate surface area is 154 Å². The van der Waals surface area contributed by atoms with Gasteiger partial charge in [-0.3, -0.25) is 5.32 Å². The fourth-order valence-electron chi connectivity index (χ4n) is 3.29. The molecule has 2 aromatic carbocycles. The van der Waals surface area contributed by atoms with Crippen LogP contribution in [0.5, 0.6) is 0 Å². The molecule has 27 heavy (non-hydrogen) atoms. The number of nitrogens with zero attached hydrogens (tertiary/aromatic N) is 2. The van der Waals surface area contributed by atoms with E-state index in [1.54, 1.807) is 0 Å². The van der Waals surface area contributed by atoms with Crippen molar-refractivity contribution in [1.29, 1.82) is 0 Å². The number of rotatable bonds is 4. The van der Waals surface area contributed by atoms with Crippen molar-refractivity contribution in [2.45, 2.75) is 5.92 Å². The molecule has 1 amide bonds. The largest absolute Gasteiger partial charge is 0.476 e. The first-order valence-corrected chi connectivity index (χ1v) is 8.31. The van der Waals surface area contributed by atoms with Crippen molar-refractivity contribution in [3.05, 3.63) is 77.6 Å². The molecule has 0 saturated carbocycles. The van der Waals surface area contributed by atoms with Gasteiger partial charge in [0.2, 0.25) is 0 Å². The first-order chi connectivity index (χ1) is 13.1. The molecule has 0 aliphatic heterocycles. The normalized spacial score (nSPS) is 12.1. The molecule has 3 aromatic rings. The maximum atomic E-state index is 12.1. The fourth-order valence-corrected chi connectivity index (χ4v) is 3.29. The molecule has 1 aliphatic rings. The van der Waals surface area contributed by atoms with Gasteiger partial charge in [0, 0.05) is 5.92 Å². The van der Waals surface area contributed by atoms with Crippen molar-refractivity contribution < 1.29 is 19.4 Å². The second-order valence-electron chi connectivity index (χ2n) is 6.09. The zero-order valence-electron chi connectivity index (χ0n) is 14.1. The van der Waals surface area contributed by atoms with Crippen LogP contribution >= 0.6 is 0 Å². The highest BCUT2D eigenvalue weighted by Crippen LogP contribution is 2.44. The van der Waals surface area contributed by atoms with E-state index in [-0.39, 0.29) is 23.9 Å². The highest BCUT2D eigenvalue weighted by atomic mass is 16.5. The highest BCUT2D eigenvalue weighted by Gasteiger charge is 2.29. The summed E-state index contributed by atoms with van der Waals surface area (Å²) in [5.74, 6) is -1.27. The molecule has 0 unspecified atom stereocenters. The van der Waals surface area contributed by atoms with Crippen molar-refractivity contribution in [1.82, 2.24) is 10.2 Å². The molecule has 0 radical (unpaired) electrons. The van der Waals surface area contributed by atoms with E-state index < -0.39 is 12.1 Å². The van der Waals surface area contributed by atoms with E-state index in [4.69, 9.17) is 9.84 Å². The molecule has 0 saturated heterocycles. The molecule has 0 atom stereocenters. The van der Waals surface area contributed by atoms with Crippen LogP contribution in [-0.2, 0) is 4.74 Å². The zero-order valence-corrected chi connectivity index (χ0v) is 14.1. The van der Waals surface area contributed by atoms with E-state index in [9.17, 15) is 9.59 Å². The second kappa shape index (κ2) is 6.87. The second-order valence-corrected chi connectivity index (χ2v) is 6.09. The summed E-state index contributed by atoms with van der Waals surface area (Å²) >= 11 is 0. The average molecular weight is 361 g/mol. The van der Waals surface area contributed by atoms with Crippen LogP contribution in [0.15, 0.2) is 60.8 Å². The lowest BCUT2D eigenvalue weighted by Gasteiger charge is -2.14. The standard InChI is InChI=1S/C20H15N3O4/c24-19(25)18-9-12(10-21-23-18)22-20(26)27-11-17-15-7-3-1-5-13(15)14-6-2-4-8-16(14)17/h1-10,17H,11H2,(H,24,25)(H,22,23,26). The predicted molar refractivity (Wildman–Crippen MR) is 97.7 cm³/mol. The van der Waals surface area contributed by atoms with Crippen molar-refractivity contribution >= 4 is 17.7 Å². The van der Waals surface area contributed by atoms with Crippen LogP contribution in [0.2, 0.25) is 0 Å². The minimum absolute atomic E-state index is 0.0479. The number of benzene rings is 2. The minimum Gasteiger partial charge on any atom is -0.476 e. The van der Waals surface area contributed by atoms with E-state index in [0.717, 1.165) is 22.3 Å². The van der Waals surface area contributed by atoms with Gasteiger partial charge < -0.3 is 9.84 Å². The van der Waals surface area contributed by atoms with E-state index in [2.05, 4.69) is 27.6 Å². The van der Waals surface area contributed by atoms with Crippen molar-refractivity contribution in [2.75, 3.05) is 11.9 Å². The van der Waals surface area contributed by atoms with Crippen molar-refractivity contribution in [2.24, 2.45) is 0 Å². The number of ether oxygens (including phenoxy) is 1. The fraction of sp³-hybridized carbons (Fsp3) is 0.100. The monoisotopic (exact) mass is 361 g/mol. The van der Waals surface area contributed by atoms with Gasteiger partial charge in [-0.15, -0.1) is 5.10 Å². The van der Waals surface area contributed by atoms with Gasteiger partial charge in [-0.25, -0.2) is 9.59 Å². The number of hydrogen-bond acceptors (Lipinski definition) is 5. The summed E-state index contributed by atoms with van der Waals surface area (Å²) < 4.78 is 5.40. The van der Waals surface area contributed by atoms with Crippen LogP contribution in [-0.4, -0.2) is 34.0 Å². The zero-order chi connectivity index (χ0) is 18.8. The van der Waals surface area contributed by atoms with Gasteiger partial charge in [-0.1, -0.05) is 48.5 Å². The molecule has 0 spiro atoms. The summed E-state index contributed by atoms with van der Waals surface area (Å²) in [5.41, 5.74) is 4.47. The Morgan fingerprint density at radius 2 is 1.67 bits per heavy atom. The first kappa shape index (κ1) is 16.7. The molecule has 2 N–H and O–H groups in total. The molecule has 0 fully saturated rings. The summed E-state index contributed by atoms with van der Waals surface area (Å²) in [6.07, 6.45) is 0.578. The Balaban J connectivity index is 1.48. The number of nitrogens with one attached hydrogen (secondary N) is 1. The lowest BCUT2D eigenvalue weighted by Crippen LogP contribution is -2.18. The van der Waals surface area contributed by atoms with E-state index in [1.807, 2.05) is 36.4 Å². The van der Waals surface area contributed by atoms with Crippen molar-refractivity contribution in [3.63, 3.8) is 0 Å². The maximum absolute atomic E-state index is 12.1. The lowest BCUT2D eigenvalue weighted by molar-refractivity contribution is 0.0689. The first-order valence-electron chi connectivity index (χ1n) is 8.31. The third-order valence-corrected chi connectivity index (χ3v) is 4.46. The van der Waals surface area contributed by atoms with E-state index in [1.165, 1.54) is 12.3 Å². The average Bonchev–Trinajstić information content (AvgIpc) is 3.00. The van der Waals surface area contributed by atoms with Crippen molar-refractivity contribution in [3.8, 4) is 11.1 Å². The number of amides is 1. The quantitative estimate of drug-likeness (QED) is 0.737. The Morgan fingerprint density at radius 3 is 2.30 bits per heavy atom. The Morgan fingerprint density at radius 1 is 1.04 bits per heavy atom. The number of carbonyl (C=O) groups is 2. The summed E-state index contributed by atoms with van der Waals surface area (Å²) in [6.45, 7) is 0.171. The summed E-state index contributed by atoms with van der Waals surface area (Å²) in [5, 5.41) is 18.4. The molecule has 7 heteroatoms. The number of aromatic carboxylic acids is 1. The molecule has 7 nitrogen and oxygen atoms in total. The lowest BCUT2D eigenvalue weighted by atomic mass is 9.98.